The summed E-state index contributed by atoms with van der Waals surface area (Å²) in [7, 11) is 5.87. The Balaban J connectivity index is 1.27. The highest BCUT2D eigenvalue weighted by Gasteiger charge is 2.42. The zero-order valence-corrected chi connectivity index (χ0v) is 17.9. The van der Waals surface area contributed by atoms with E-state index in [4.69, 9.17) is 9.47 Å². The van der Waals surface area contributed by atoms with Crippen LogP contribution in [0.3, 0.4) is 0 Å². The molecule has 0 aromatic heterocycles. The Morgan fingerprint density at radius 3 is 2.59 bits per heavy atom. The van der Waals surface area contributed by atoms with E-state index in [0.717, 1.165) is 56.9 Å². The first-order valence-electron chi connectivity index (χ1n) is 10.6. The molecule has 0 aliphatic carbocycles. The van der Waals surface area contributed by atoms with Crippen LogP contribution >= 0.6 is 0 Å². The van der Waals surface area contributed by atoms with Gasteiger partial charge in [-0.05, 0) is 49.1 Å². The molecule has 2 fully saturated rings. The Morgan fingerprint density at radius 2 is 1.90 bits per heavy atom. The molecule has 2 aromatic rings. The fourth-order valence-corrected chi connectivity index (χ4v) is 4.51. The van der Waals surface area contributed by atoms with Crippen molar-refractivity contribution in [1.82, 2.24) is 4.90 Å². The van der Waals surface area contributed by atoms with Crippen LogP contribution in [0.2, 0.25) is 0 Å². The maximum atomic E-state index is 6.34. The van der Waals surface area contributed by atoms with E-state index < -0.39 is 0 Å². The molecule has 0 unspecified atom stereocenters. The number of benzene rings is 2. The Hall–Kier alpha value is -2.24. The highest BCUT2D eigenvalue weighted by atomic mass is 16.5. The molecule has 2 aromatic carbocycles. The van der Waals surface area contributed by atoms with E-state index >= 15 is 0 Å². The number of piperidine rings is 1. The largest absolute Gasteiger partial charge is 0.497 e. The number of anilines is 2. The fourth-order valence-electron chi connectivity index (χ4n) is 4.51. The zero-order chi connectivity index (χ0) is 20.3. The standard InChI is InChI=1S/C24H33N3O2/c1-26(2)22-9-7-19(8-10-22)17-27-13-11-24(12-14-27)16-21(18-29-24)25-20-5-4-6-23(15-20)28-3/h4-10,15,21,25H,11-14,16-18H2,1-3H3/t21-/m1/s1. The zero-order valence-electron chi connectivity index (χ0n) is 17.9. The minimum absolute atomic E-state index is 0.0435. The lowest BCUT2D eigenvalue weighted by Gasteiger charge is -2.38. The van der Waals surface area contributed by atoms with Gasteiger partial charge in [-0.3, -0.25) is 4.90 Å². The maximum absolute atomic E-state index is 6.34. The molecule has 0 bridgehead atoms. The molecular formula is C24H33N3O2. The first-order valence-corrected chi connectivity index (χ1v) is 10.6. The number of nitrogens with zero attached hydrogens (tertiary/aromatic N) is 2. The lowest BCUT2D eigenvalue weighted by Crippen LogP contribution is -2.44. The third kappa shape index (κ3) is 4.85. The number of ether oxygens (including phenoxy) is 2. The van der Waals surface area contributed by atoms with E-state index in [-0.39, 0.29) is 5.60 Å². The quantitative estimate of drug-likeness (QED) is 0.800. The Bertz CT molecular complexity index is 798. The van der Waals surface area contributed by atoms with Gasteiger partial charge in [-0.2, -0.15) is 0 Å². The average molecular weight is 396 g/mol. The summed E-state index contributed by atoms with van der Waals surface area (Å²) >= 11 is 0. The van der Waals surface area contributed by atoms with Crippen LogP contribution in [0.15, 0.2) is 48.5 Å². The summed E-state index contributed by atoms with van der Waals surface area (Å²) in [5.74, 6) is 0.885. The minimum atomic E-state index is 0.0435. The lowest BCUT2D eigenvalue weighted by molar-refractivity contribution is -0.0448. The minimum Gasteiger partial charge on any atom is -0.497 e. The van der Waals surface area contributed by atoms with Crippen LogP contribution in [0.4, 0.5) is 11.4 Å². The summed E-state index contributed by atoms with van der Waals surface area (Å²) in [6, 6.07) is 17.4. The number of nitrogens with one attached hydrogen (secondary N) is 1. The third-order valence-electron chi connectivity index (χ3n) is 6.28. The average Bonchev–Trinajstić information content (AvgIpc) is 3.12. The van der Waals surface area contributed by atoms with Gasteiger partial charge in [0.15, 0.2) is 0 Å². The topological polar surface area (TPSA) is 37.0 Å². The van der Waals surface area contributed by atoms with Crippen LogP contribution in [0.25, 0.3) is 0 Å². The molecule has 5 heteroatoms. The number of likely N-dealkylation sites (tertiary alicyclic amines) is 1. The van der Waals surface area contributed by atoms with Crippen LogP contribution in [-0.4, -0.2) is 57.4 Å². The van der Waals surface area contributed by atoms with Gasteiger partial charge in [-0.15, -0.1) is 0 Å². The van der Waals surface area contributed by atoms with Crippen molar-refractivity contribution in [3.8, 4) is 5.75 Å². The van der Waals surface area contributed by atoms with Crippen molar-refractivity contribution in [2.45, 2.75) is 37.5 Å². The van der Waals surface area contributed by atoms with Gasteiger partial charge < -0.3 is 19.7 Å². The lowest BCUT2D eigenvalue weighted by atomic mass is 9.87. The summed E-state index contributed by atoms with van der Waals surface area (Å²) in [5, 5.41) is 3.63. The molecule has 2 saturated heterocycles. The van der Waals surface area contributed by atoms with Crippen molar-refractivity contribution in [2.75, 3.05) is 51.1 Å². The molecule has 1 atom stereocenters. The van der Waals surface area contributed by atoms with Gasteiger partial charge in [0.25, 0.3) is 0 Å². The Morgan fingerprint density at radius 1 is 1.14 bits per heavy atom. The van der Waals surface area contributed by atoms with E-state index in [2.05, 4.69) is 65.6 Å². The molecule has 2 aliphatic heterocycles. The first kappa shape index (κ1) is 20.0. The molecule has 2 aliphatic rings. The first-order chi connectivity index (χ1) is 14.0. The molecule has 4 rings (SSSR count). The van der Waals surface area contributed by atoms with Crippen molar-refractivity contribution < 1.29 is 9.47 Å². The van der Waals surface area contributed by atoms with E-state index in [1.54, 1.807) is 7.11 Å². The van der Waals surface area contributed by atoms with E-state index in [1.807, 2.05) is 12.1 Å². The van der Waals surface area contributed by atoms with Crippen LogP contribution in [0.1, 0.15) is 24.8 Å². The molecule has 2 heterocycles. The highest BCUT2D eigenvalue weighted by molar-refractivity contribution is 5.49. The summed E-state index contributed by atoms with van der Waals surface area (Å²) in [6.45, 7) is 4.00. The monoisotopic (exact) mass is 395 g/mol. The van der Waals surface area contributed by atoms with Gasteiger partial charge in [0.2, 0.25) is 0 Å². The summed E-state index contributed by atoms with van der Waals surface area (Å²) < 4.78 is 11.7. The number of methoxy groups -OCH3 is 1. The molecule has 156 valence electrons. The second-order valence-corrected chi connectivity index (χ2v) is 8.61. The SMILES string of the molecule is COc1cccc(N[C@H]2COC3(CCN(Cc4ccc(N(C)C)cc4)CC3)C2)c1. The summed E-state index contributed by atoms with van der Waals surface area (Å²) in [4.78, 5) is 4.70. The van der Waals surface area contributed by atoms with Gasteiger partial charge in [0.1, 0.15) is 5.75 Å². The van der Waals surface area contributed by atoms with Gasteiger partial charge >= 0.3 is 0 Å². The van der Waals surface area contributed by atoms with Crippen molar-refractivity contribution in [3.63, 3.8) is 0 Å². The Kier molecular flexibility index (Phi) is 5.97. The van der Waals surface area contributed by atoms with Crippen molar-refractivity contribution >= 4 is 11.4 Å². The second kappa shape index (κ2) is 8.64. The molecular weight excluding hydrogens is 362 g/mol. The summed E-state index contributed by atoms with van der Waals surface area (Å²) in [5.41, 5.74) is 3.78. The van der Waals surface area contributed by atoms with Crippen molar-refractivity contribution in [2.24, 2.45) is 0 Å². The number of hydrogen-bond donors (Lipinski definition) is 1. The van der Waals surface area contributed by atoms with Crippen LogP contribution < -0.4 is 15.0 Å². The van der Waals surface area contributed by atoms with Crippen LogP contribution in [0.5, 0.6) is 5.75 Å². The smallest absolute Gasteiger partial charge is 0.120 e. The number of hydrogen-bond acceptors (Lipinski definition) is 5. The van der Waals surface area contributed by atoms with Gasteiger partial charge in [0.05, 0.1) is 25.4 Å². The third-order valence-corrected chi connectivity index (χ3v) is 6.28. The molecule has 0 amide bonds. The predicted octanol–water partition coefficient (Wildman–Crippen LogP) is 4.00. The molecule has 0 saturated carbocycles. The summed E-state index contributed by atoms with van der Waals surface area (Å²) in [6.07, 6.45) is 3.30. The molecule has 1 spiro atoms. The molecule has 1 N–H and O–H groups in total. The van der Waals surface area contributed by atoms with Gasteiger partial charge in [0, 0.05) is 51.2 Å². The molecule has 29 heavy (non-hydrogen) atoms. The van der Waals surface area contributed by atoms with Gasteiger partial charge in [-0.1, -0.05) is 18.2 Å². The highest BCUT2D eigenvalue weighted by Crippen LogP contribution is 2.37. The van der Waals surface area contributed by atoms with Crippen LogP contribution in [0, 0.1) is 0 Å². The van der Waals surface area contributed by atoms with E-state index in [1.165, 1.54) is 11.3 Å². The normalized spacial score (nSPS) is 21.3. The molecule has 0 radical (unpaired) electrons. The maximum Gasteiger partial charge on any atom is 0.120 e. The fraction of sp³-hybridized carbons (Fsp3) is 0.500. The van der Waals surface area contributed by atoms with Crippen molar-refractivity contribution in [3.05, 3.63) is 54.1 Å². The van der Waals surface area contributed by atoms with Crippen molar-refractivity contribution in [1.29, 1.82) is 0 Å². The Labute approximate surface area is 174 Å². The predicted molar refractivity (Wildman–Crippen MR) is 119 cm³/mol. The van der Waals surface area contributed by atoms with Crippen LogP contribution in [-0.2, 0) is 11.3 Å². The number of rotatable bonds is 6. The van der Waals surface area contributed by atoms with E-state index in [0.29, 0.717) is 6.04 Å². The molecule has 5 nitrogen and oxygen atoms in total. The van der Waals surface area contributed by atoms with Gasteiger partial charge in [-0.25, -0.2) is 0 Å². The second-order valence-electron chi connectivity index (χ2n) is 8.61. The van der Waals surface area contributed by atoms with E-state index in [9.17, 15) is 0 Å².